The number of nitrogens with one attached hydrogen (secondary N) is 1. The summed E-state index contributed by atoms with van der Waals surface area (Å²) in [5.74, 6) is 0.123. The normalized spacial score (nSPS) is 8.82. The summed E-state index contributed by atoms with van der Waals surface area (Å²) in [6, 6.07) is 5.26. The first-order valence-electron chi connectivity index (χ1n) is 3.13. The SMILES string of the molecule is CC(=O)ONc1ccccn1. The number of hydrogen-bond acceptors (Lipinski definition) is 4. The second-order valence-electron chi connectivity index (χ2n) is 1.91. The van der Waals surface area contributed by atoms with Gasteiger partial charge in [0.25, 0.3) is 0 Å². The van der Waals surface area contributed by atoms with E-state index in [4.69, 9.17) is 0 Å². The van der Waals surface area contributed by atoms with E-state index < -0.39 is 5.97 Å². The van der Waals surface area contributed by atoms with Gasteiger partial charge in [-0.1, -0.05) is 6.07 Å². The second-order valence-corrected chi connectivity index (χ2v) is 1.91. The summed E-state index contributed by atoms with van der Waals surface area (Å²) in [6.45, 7) is 1.32. The van der Waals surface area contributed by atoms with E-state index in [1.165, 1.54) is 6.92 Å². The summed E-state index contributed by atoms with van der Waals surface area (Å²) in [4.78, 5) is 18.6. The van der Waals surface area contributed by atoms with Crippen LogP contribution in [0.2, 0.25) is 0 Å². The van der Waals surface area contributed by atoms with Crippen LogP contribution in [0.5, 0.6) is 0 Å². The standard InChI is InChI=1S/C7H8N2O2/c1-6(10)11-9-7-4-2-3-5-8-7/h2-5H,1H3,(H,8,9). The molecule has 0 bridgehead atoms. The van der Waals surface area contributed by atoms with Crippen molar-refractivity contribution in [1.29, 1.82) is 0 Å². The maximum atomic E-state index is 10.3. The van der Waals surface area contributed by atoms with E-state index in [-0.39, 0.29) is 0 Å². The molecule has 0 aromatic carbocycles. The molecule has 0 radical (unpaired) electrons. The van der Waals surface area contributed by atoms with Gasteiger partial charge in [0.05, 0.1) is 0 Å². The van der Waals surface area contributed by atoms with E-state index in [9.17, 15) is 4.79 Å². The summed E-state index contributed by atoms with van der Waals surface area (Å²) >= 11 is 0. The monoisotopic (exact) mass is 152 g/mol. The van der Waals surface area contributed by atoms with Gasteiger partial charge >= 0.3 is 5.97 Å². The Balaban J connectivity index is 2.45. The predicted octanol–water partition coefficient (Wildman–Crippen LogP) is 0.972. The molecule has 11 heavy (non-hydrogen) atoms. The van der Waals surface area contributed by atoms with E-state index in [1.54, 1.807) is 24.4 Å². The van der Waals surface area contributed by atoms with E-state index in [0.29, 0.717) is 5.82 Å². The fraction of sp³-hybridized carbons (Fsp3) is 0.143. The highest BCUT2D eigenvalue weighted by Crippen LogP contribution is 1.98. The molecule has 1 aromatic rings. The highest BCUT2D eigenvalue weighted by Gasteiger charge is 1.92. The molecule has 0 fully saturated rings. The largest absolute Gasteiger partial charge is 0.342 e. The average Bonchev–Trinajstić information content (AvgIpc) is 2.03. The third-order valence-corrected chi connectivity index (χ3v) is 0.964. The van der Waals surface area contributed by atoms with Gasteiger partial charge in [-0.05, 0) is 12.1 Å². The molecule has 4 nitrogen and oxygen atoms in total. The van der Waals surface area contributed by atoms with Crippen molar-refractivity contribution in [2.45, 2.75) is 6.92 Å². The molecule has 0 saturated carbocycles. The number of anilines is 1. The predicted molar refractivity (Wildman–Crippen MR) is 39.6 cm³/mol. The Labute approximate surface area is 64.2 Å². The Kier molecular flexibility index (Phi) is 2.43. The molecule has 1 heterocycles. The first kappa shape index (κ1) is 7.53. The summed E-state index contributed by atoms with van der Waals surface area (Å²) in [6.07, 6.45) is 1.60. The van der Waals surface area contributed by atoms with Crippen LogP contribution in [0.1, 0.15) is 6.92 Å². The molecule has 0 aliphatic carbocycles. The number of aromatic nitrogens is 1. The van der Waals surface area contributed by atoms with Gasteiger partial charge in [-0.15, -0.1) is 0 Å². The number of pyridine rings is 1. The smallest absolute Gasteiger partial charge is 0.329 e. The Bertz CT molecular complexity index is 235. The molecule has 0 spiro atoms. The third-order valence-electron chi connectivity index (χ3n) is 0.964. The first-order valence-corrected chi connectivity index (χ1v) is 3.13. The van der Waals surface area contributed by atoms with Crippen LogP contribution in [0.4, 0.5) is 5.82 Å². The van der Waals surface area contributed by atoms with E-state index in [0.717, 1.165) is 0 Å². The summed E-state index contributed by atoms with van der Waals surface area (Å²) in [5.41, 5.74) is 2.38. The number of hydrogen-bond donors (Lipinski definition) is 1. The van der Waals surface area contributed by atoms with Crippen molar-refractivity contribution in [3.05, 3.63) is 24.4 Å². The molecule has 1 N–H and O–H groups in total. The van der Waals surface area contributed by atoms with Crippen molar-refractivity contribution in [3.63, 3.8) is 0 Å². The second kappa shape index (κ2) is 3.55. The van der Waals surface area contributed by atoms with Gasteiger partial charge in [-0.3, -0.25) is 4.79 Å². The fourth-order valence-electron chi connectivity index (χ4n) is 0.547. The van der Waals surface area contributed by atoms with Gasteiger partial charge < -0.3 is 4.84 Å². The number of carbonyl (C=O) groups is 1. The lowest BCUT2D eigenvalue weighted by Gasteiger charge is -2.01. The lowest BCUT2D eigenvalue weighted by atomic mass is 10.5. The molecule has 0 saturated heterocycles. The molecule has 4 heteroatoms. The topological polar surface area (TPSA) is 51.2 Å². The van der Waals surface area contributed by atoms with Crippen molar-refractivity contribution in [2.24, 2.45) is 0 Å². The Morgan fingerprint density at radius 1 is 1.64 bits per heavy atom. The first-order chi connectivity index (χ1) is 5.29. The van der Waals surface area contributed by atoms with Crippen LogP contribution in [-0.2, 0) is 9.63 Å². The van der Waals surface area contributed by atoms with Gasteiger partial charge in [0.15, 0.2) is 5.82 Å². The zero-order chi connectivity index (χ0) is 8.10. The zero-order valence-corrected chi connectivity index (χ0v) is 6.07. The molecule has 0 amide bonds. The van der Waals surface area contributed by atoms with Crippen LogP contribution in [0, 0.1) is 0 Å². The van der Waals surface area contributed by atoms with E-state index >= 15 is 0 Å². The number of nitrogens with zero attached hydrogens (tertiary/aromatic N) is 1. The lowest BCUT2D eigenvalue weighted by molar-refractivity contribution is -0.138. The van der Waals surface area contributed by atoms with Crippen molar-refractivity contribution in [3.8, 4) is 0 Å². The molecule has 0 aliphatic rings. The molecule has 1 rings (SSSR count). The highest BCUT2D eigenvalue weighted by molar-refractivity contribution is 5.66. The molecular weight excluding hydrogens is 144 g/mol. The van der Waals surface area contributed by atoms with Crippen LogP contribution in [-0.4, -0.2) is 11.0 Å². The van der Waals surface area contributed by atoms with Gasteiger partial charge in [-0.25, -0.2) is 10.5 Å². The Morgan fingerprint density at radius 2 is 2.45 bits per heavy atom. The summed E-state index contributed by atoms with van der Waals surface area (Å²) < 4.78 is 0. The Morgan fingerprint density at radius 3 is 3.00 bits per heavy atom. The van der Waals surface area contributed by atoms with Gasteiger partial charge in [0.2, 0.25) is 0 Å². The van der Waals surface area contributed by atoms with Gasteiger partial charge in [-0.2, -0.15) is 0 Å². The maximum absolute atomic E-state index is 10.3. The van der Waals surface area contributed by atoms with Crippen LogP contribution in [0.25, 0.3) is 0 Å². The molecule has 58 valence electrons. The molecule has 0 aliphatic heterocycles. The fourth-order valence-corrected chi connectivity index (χ4v) is 0.547. The minimum atomic E-state index is -0.393. The van der Waals surface area contributed by atoms with E-state index in [1.807, 2.05) is 0 Å². The van der Waals surface area contributed by atoms with E-state index in [2.05, 4.69) is 15.3 Å². The molecule has 0 atom stereocenters. The average molecular weight is 152 g/mol. The van der Waals surface area contributed by atoms with Crippen LogP contribution in [0.15, 0.2) is 24.4 Å². The third kappa shape index (κ3) is 2.66. The van der Waals surface area contributed by atoms with Crippen molar-refractivity contribution < 1.29 is 9.63 Å². The Hall–Kier alpha value is -1.58. The number of rotatable bonds is 2. The van der Waals surface area contributed by atoms with Crippen molar-refractivity contribution in [1.82, 2.24) is 4.98 Å². The minimum absolute atomic E-state index is 0.393. The quantitative estimate of drug-likeness (QED) is 0.641. The minimum Gasteiger partial charge on any atom is -0.342 e. The summed E-state index contributed by atoms with van der Waals surface area (Å²) in [7, 11) is 0. The van der Waals surface area contributed by atoms with Gasteiger partial charge in [0.1, 0.15) is 0 Å². The number of carbonyl (C=O) groups excluding carboxylic acids is 1. The van der Waals surface area contributed by atoms with Crippen molar-refractivity contribution in [2.75, 3.05) is 5.48 Å². The van der Waals surface area contributed by atoms with Crippen LogP contribution < -0.4 is 5.48 Å². The van der Waals surface area contributed by atoms with Gasteiger partial charge in [0, 0.05) is 13.1 Å². The molecule has 1 aromatic heterocycles. The van der Waals surface area contributed by atoms with Crippen LogP contribution in [0.3, 0.4) is 0 Å². The highest BCUT2D eigenvalue weighted by atomic mass is 16.7. The molecular formula is C7H8N2O2. The zero-order valence-electron chi connectivity index (χ0n) is 6.07. The maximum Gasteiger partial charge on any atom is 0.329 e. The van der Waals surface area contributed by atoms with Crippen LogP contribution >= 0.6 is 0 Å². The lowest BCUT2D eigenvalue weighted by Crippen LogP contribution is -2.06. The van der Waals surface area contributed by atoms with Crippen molar-refractivity contribution >= 4 is 11.8 Å². The molecule has 0 unspecified atom stereocenters. The summed E-state index contributed by atoms with van der Waals surface area (Å²) in [5, 5.41) is 0.